The molecule has 0 radical (unpaired) electrons. The Balaban J connectivity index is 1.99. The zero-order chi connectivity index (χ0) is 15.4. The highest BCUT2D eigenvalue weighted by Crippen LogP contribution is 2.25. The van der Waals surface area contributed by atoms with E-state index in [-0.39, 0.29) is 5.91 Å². The fraction of sp³-hybridized carbons (Fsp3) is 0.733. The maximum Gasteiger partial charge on any atom is 0.228 e. The third-order valence-electron chi connectivity index (χ3n) is 4.21. The molecule has 2 atom stereocenters. The molecular weight excluding hydrogens is 284 g/mol. The van der Waals surface area contributed by atoms with Crippen LogP contribution in [0.4, 0.5) is 0 Å². The Labute approximate surface area is 131 Å². The van der Waals surface area contributed by atoms with Gasteiger partial charge in [-0.05, 0) is 19.8 Å². The highest BCUT2D eigenvalue weighted by Gasteiger charge is 2.27. The predicted molar refractivity (Wildman–Crippen MR) is 86.2 cm³/mol. The lowest BCUT2D eigenvalue weighted by Gasteiger charge is -2.39. The molecule has 1 aromatic rings. The maximum absolute atomic E-state index is 11.7. The smallest absolute Gasteiger partial charge is 0.228 e. The van der Waals surface area contributed by atoms with Crippen LogP contribution < -0.4 is 5.73 Å². The Morgan fingerprint density at radius 1 is 1.52 bits per heavy atom. The van der Waals surface area contributed by atoms with Crippen LogP contribution in [0.15, 0.2) is 5.38 Å². The van der Waals surface area contributed by atoms with E-state index in [1.807, 2.05) is 0 Å². The quantitative estimate of drug-likeness (QED) is 0.895. The average molecular weight is 310 g/mol. The van der Waals surface area contributed by atoms with Crippen LogP contribution in [0.2, 0.25) is 0 Å². The van der Waals surface area contributed by atoms with Gasteiger partial charge in [-0.15, -0.1) is 11.3 Å². The molecule has 118 valence electrons. The summed E-state index contributed by atoms with van der Waals surface area (Å²) in [6.45, 7) is 3.82. The number of carbonyl (C=O) groups is 1. The first-order valence-electron chi connectivity index (χ1n) is 7.60. The van der Waals surface area contributed by atoms with Crippen LogP contribution in [0, 0.1) is 0 Å². The van der Waals surface area contributed by atoms with Gasteiger partial charge < -0.3 is 10.6 Å². The van der Waals surface area contributed by atoms with Crippen molar-refractivity contribution in [3.05, 3.63) is 16.1 Å². The number of hydrogen-bond acceptors (Lipinski definition) is 5. The topological polar surface area (TPSA) is 62.5 Å². The van der Waals surface area contributed by atoms with Crippen LogP contribution in [-0.4, -0.2) is 53.4 Å². The van der Waals surface area contributed by atoms with Crippen LogP contribution in [0.5, 0.6) is 0 Å². The molecule has 5 nitrogen and oxygen atoms in total. The van der Waals surface area contributed by atoms with Crippen molar-refractivity contribution in [3.8, 4) is 0 Å². The molecule has 2 unspecified atom stereocenters. The average Bonchev–Trinajstić information content (AvgIpc) is 2.88. The summed E-state index contributed by atoms with van der Waals surface area (Å²) in [5.74, 6) is 0.0991. The first-order valence-corrected chi connectivity index (χ1v) is 8.48. The second-order valence-corrected chi connectivity index (χ2v) is 6.98. The number of likely N-dealkylation sites (tertiary alicyclic amines) is 1. The SMILES string of the molecule is CC1CCCC(CN)N1Cc1csc(CC(=O)N(C)C)n1. The molecule has 0 aromatic carbocycles. The summed E-state index contributed by atoms with van der Waals surface area (Å²) in [4.78, 5) is 20.4. The van der Waals surface area contributed by atoms with Gasteiger partial charge >= 0.3 is 0 Å². The summed E-state index contributed by atoms with van der Waals surface area (Å²) in [5, 5.41) is 2.98. The summed E-state index contributed by atoms with van der Waals surface area (Å²) in [6.07, 6.45) is 4.07. The number of amides is 1. The molecule has 1 aliphatic heterocycles. The fourth-order valence-electron chi connectivity index (χ4n) is 2.86. The van der Waals surface area contributed by atoms with Gasteiger partial charge in [0.2, 0.25) is 5.91 Å². The van der Waals surface area contributed by atoms with E-state index in [0.717, 1.165) is 17.2 Å². The van der Waals surface area contributed by atoms with Gasteiger partial charge in [0, 0.05) is 44.6 Å². The van der Waals surface area contributed by atoms with E-state index in [1.54, 1.807) is 30.3 Å². The number of carbonyl (C=O) groups excluding carboxylic acids is 1. The number of piperidine rings is 1. The van der Waals surface area contributed by atoms with E-state index in [2.05, 4.69) is 22.2 Å². The monoisotopic (exact) mass is 310 g/mol. The molecule has 21 heavy (non-hydrogen) atoms. The summed E-state index contributed by atoms with van der Waals surface area (Å²) < 4.78 is 0. The van der Waals surface area contributed by atoms with Gasteiger partial charge in [-0.25, -0.2) is 4.98 Å². The van der Waals surface area contributed by atoms with Gasteiger partial charge in [0.05, 0.1) is 12.1 Å². The lowest BCUT2D eigenvalue weighted by Crippen LogP contribution is -2.48. The van der Waals surface area contributed by atoms with E-state index in [9.17, 15) is 4.79 Å². The minimum Gasteiger partial charge on any atom is -0.348 e. The Morgan fingerprint density at radius 2 is 2.29 bits per heavy atom. The van der Waals surface area contributed by atoms with Crippen LogP contribution in [0.1, 0.15) is 36.9 Å². The van der Waals surface area contributed by atoms with Gasteiger partial charge in [-0.1, -0.05) is 6.42 Å². The molecule has 2 N–H and O–H groups in total. The standard InChI is InChI=1S/C15H26N4OS/c1-11-5-4-6-13(8-16)19(11)9-12-10-21-14(17-12)7-15(20)18(2)3/h10-11,13H,4-9,16H2,1-3H3. The Hall–Kier alpha value is -0.980. The highest BCUT2D eigenvalue weighted by molar-refractivity contribution is 7.09. The van der Waals surface area contributed by atoms with E-state index in [0.29, 0.717) is 25.0 Å². The lowest BCUT2D eigenvalue weighted by atomic mass is 9.96. The molecule has 0 saturated carbocycles. The number of nitrogens with two attached hydrogens (primary N) is 1. The van der Waals surface area contributed by atoms with Crippen LogP contribution >= 0.6 is 11.3 Å². The molecule has 1 fully saturated rings. The molecule has 1 aliphatic rings. The van der Waals surface area contributed by atoms with E-state index in [4.69, 9.17) is 5.73 Å². The number of nitrogens with zero attached hydrogens (tertiary/aromatic N) is 3. The molecule has 1 amide bonds. The minimum atomic E-state index is 0.0991. The first kappa shape index (κ1) is 16.4. The van der Waals surface area contributed by atoms with Crippen molar-refractivity contribution in [1.82, 2.24) is 14.8 Å². The van der Waals surface area contributed by atoms with Gasteiger partial charge in [0.1, 0.15) is 5.01 Å². The third-order valence-corrected chi connectivity index (χ3v) is 5.11. The molecule has 0 aliphatic carbocycles. The Kier molecular flexibility index (Phi) is 5.72. The first-order chi connectivity index (χ1) is 10.0. The molecular formula is C15H26N4OS. The number of thiazole rings is 1. The number of rotatable bonds is 5. The van der Waals surface area contributed by atoms with Gasteiger partial charge in [-0.2, -0.15) is 0 Å². The van der Waals surface area contributed by atoms with E-state index >= 15 is 0 Å². The van der Waals surface area contributed by atoms with Gasteiger partial charge in [-0.3, -0.25) is 9.69 Å². The number of likely N-dealkylation sites (N-methyl/N-ethyl adjacent to an activating group) is 1. The summed E-state index contributed by atoms with van der Waals surface area (Å²) >= 11 is 1.58. The molecule has 0 spiro atoms. The van der Waals surface area contributed by atoms with E-state index < -0.39 is 0 Å². The predicted octanol–water partition coefficient (Wildman–Crippen LogP) is 1.48. The van der Waals surface area contributed by atoms with Crippen molar-refractivity contribution < 1.29 is 4.79 Å². The van der Waals surface area contributed by atoms with Crippen molar-refractivity contribution >= 4 is 17.2 Å². The van der Waals surface area contributed by atoms with Crippen molar-refractivity contribution in [2.45, 2.75) is 51.2 Å². The van der Waals surface area contributed by atoms with Crippen molar-refractivity contribution in [1.29, 1.82) is 0 Å². The Morgan fingerprint density at radius 3 is 2.95 bits per heavy atom. The molecule has 1 saturated heterocycles. The second kappa shape index (κ2) is 7.33. The van der Waals surface area contributed by atoms with Crippen molar-refractivity contribution in [2.24, 2.45) is 5.73 Å². The zero-order valence-electron chi connectivity index (χ0n) is 13.2. The maximum atomic E-state index is 11.7. The highest BCUT2D eigenvalue weighted by atomic mass is 32.1. The summed E-state index contributed by atoms with van der Waals surface area (Å²) in [7, 11) is 3.55. The van der Waals surface area contributed by atoms with Crippen LogP contribution in [0.3, 0.4) is 0 Å². The second-order valence-electron chi connectivity index (χ2n) is 6.04. The lowest BCUT2D eigenvalue weighted by molar-refractivity contribution is -0.127. The third kappa shape index (κ3) is 4.25. The number of aromatic nitrogens is 1. The summed E-state index contributed by atoms with van der Waals surface area (Å²) in [5.41, 5.74) is 6.97. The molecule has 1 aromatic heterocycles. The van der Waals surface area contributed by atoms with E-state index in [1.165, 1.54) is 19.3 Å². The van der Waals surface area contributed by atoms with Crippen molar-refractivity contribution in [3.63, 3.8) is 0 Å². The van der Waals surface area contributed by atoms with Crippen LogP contribution in [0.25, 0.3) is 0 Å². The van der Waals surface area contributed by atoms with Crippen molar-refractivity contribution in [2.75, 3.05) is 20.6 Å². The minimum absolute atomic E-state index is 0.0991. The molecule has 2 heterocycles. The van der Waals surface area contributed by atoms with Crippen LogP contribution in [-0.2, 0) is 17.8 Å². The number of hydrogen-bond donors (Lipinski definition) is 1. The Bertz CT molecular complexity index is 474. The van der Waals surface area contributed by atoms with Gasteiger partial charge in [0.15, 0.2) is 0 Å². The largest absolute Gasteiger partial charge is 0.348 e. The summed E-state index contributed by atoms with van der Waals surface area (Å²) in [6, 6.07) is 1.02. The molecule has 0 bridgehead atoms. The zero-order valence-corrected chi connectivity index (χ0v) is 14.0. The van der Waals surface area contributed by atoms with Gasteiger partial charge in [0.25, 0.3) is 0 Å². The molecule has 2 rings (SSSR count). The molecule has 6 heteroatoms. The normalized spacial score (nSPS) is 23.2. The fourth-order valence-corrected chi connectivity index (χ4v) is 3.63.